The minimum absolute atomic E-state index is 0.734. The summed E-state index contributed by atoms with van der Waals surface area (Å²) in [5.41, 5.74) is 0. The second-order valence-electron chi connectivity index (χ2n) is 3.46. The van der Waals surface area contributed by atoms with Gasteiger partial charge in [0.1, 0.15) is 0 Å². The van der Waals surface area contributed by atoms with Gasteiger partial charge in [-0.3, -0.25) is 0 Å². The fraction of sp³-hybridized carbons (Fsp3) is 0.778. The molecule has 0 aliphatic heterocycles. The lowest BCUT2D eigenvalue weighted by atomic mass is 9.84. The molecule has 0 amide bonds. The number of fused-ring (bicyclic) bond motifs is 1. The summed E-state index contributed by atoms with van der Waals surface area (Å²) in [6.07, 6.45) is 4.30. The average molecular weight is 135 g/mol. The van der Waals surface area contributed by atoms with E-state index in [-0.39, 0.29) is 0 Å². The van der Waals surface area contributed by atoms with Crippen molar-refractivity contribution in [1.82, 2.24) is 5.32 Å². The van der Waals surface area contributed by atoms with Gasteiger partial charge in [-0.1, -0.05) is 5.92 Å². The van der Waals surface area contributed by atoms with E-state index in [9.17, 15) is 0 Å². The zero-order valence-electron chi connectivity index (χ0n) is 6.35. The Morgan fingerprint density at radius 3 is 2.60 bits per heavy atom. The van der Waals surface area contributed by atoms with Crippen molar-refractivity contribution in [3.05, 3.63) is 0 Å². The molecule has 0 heterocycles. The Bertz CT molecular complexity index is 181. The molecular weight excluding hydrogens is 122 g/mol. The highest BCUT2D eigenvalue weighted by Crippen LogP contribution is 2.48. The molecule has 1 atom stereocenters. The summed E-state index contributed by atoms with van der Waals surface area (Å²) in [5.74, 6) is 4.88. The van der Waals surface area contributed by atoms with Crippen LogP contribution in [0.3, 0.4) is 0 Å². The van der Waals surface area contributed by atoms with Crippen LogP contribution in [0.4, 0.5) is 0 Å². The Morgan fingerprint density at radius 2 is 2.10 bits per heavy atom. The minimum Gasteiger partial charge on any atom is -0.343 e. The summed E-state index contributed by atoms with van der Waals surface area (Å²) in [4.78, 5) is 0. The molecule has 0 aromatic carbocycles. The quantitative estimate of drug-likeness (QED) is 0.423. The second kappa shape index (κ2) is 2.20. The zero-order chi connectivity index (χ0) is 6.97. The average Bonchev–Trinajstić information content (AvgIpc) is 2.37. The van der Waals surface area contributed by atoms with Crippen LogP contribution in [0, 0.1) is 23.8 Å². The normalized spacial score (nSPS) is 41.5. The van der Waals surface area contributed by atoms with Gasteiger partial charge in [-0.05, 0) is 38.0 Å². The first-order valence-electron chi connectivity index (χ1n) is 4.07. The van der Waals surface area contributed by atoms with Gasteiger partial charge in [-0.25, -0.2) is 0 Å². The summed E-state index contributed by atoms with van der Waals surface area (Å²) in [7, 11) is 0. The molecule has 0 aromatic heterocycles. The van der Waals surface area contributed by atoms with E-state index in [4.69, 9.17) is 0 Å². The predicted molar refractivity (Wildman–Crippen MR) is 41.2 cm³/mol. The maximum atomic E-state index is 3.26. The molecule has 1 heteroatoms. The highest BCUT2D eigenvalue weighted by Gasteiger charge is 2.43. The van der Waals surface area contributed by atoms with Crippen molar-refractivity contribution in [2.75, 3.05) is 0 Å². The topological polar surface area (TPSA) is 12.0 Å². The summed E-state index contributed by atoms with van der Waals surface area (Å²) in [6, 6.07) is 3.68. The largest absolute Gasteiger partial charge is 0.343 e. The number of rotatable bonds is 1. The smallest absolute Gasteiger partial charge is 0.0371 e. The van der Waals surface area contributed by atoms with Crippen molar-refractivity contribution in [2.24, 2.45) is 11.8 Å². The van der Waals surface area contributed by atoms with Crippen LogP contribution >= 0.6 is 0 Å². The summed E-state index contributed by atoms with van der Waals surface area (Å²) >= 11 is 0. The third kappa shape index (κ3) is 0.794. The van der Waals surface area contributed by atoms with Crippen LogP contribution in [-0.4, -0.2) is 6.04 Å². The van der Waals surface area contributed by atoms with Gasteiger partial charge in [-0.2, -0.15) is 0 Å². The summed E-state index contributed by atoms with van der Waals surface area (Å²) in [6.45, 7) is 1.88. The summed E-state index contributed by atoms with van der Waals surface area (Å²) < 4.78 is 0. The first-order valence-corrected chi connectivity index (χ1v) is 4.07. The number of hydrogen-bond acceptors (Lipinski definition) is 1. The van der Waals surface area contributed by atoms with E-state index in [1.165, 1.54) is 19.3 Å². The molecule has 3 fully saturated rings. The second-order valence-corrected chi connectivity index (χ2v) is 3.46. The van der Waals surface area contributed by atoms with Crippen molar-refractivity contribution >= 4 is 0 Å². The van der Waals surface area contributed by atoms with Gasteiger partial charge in [0.15, 0.2) is 0 Å². The molecule has 3 aliphatic carbocycles. The SMILES string of the molecule is CC#CNC1CC2CC1C2. The Labute approximate surface area is 62.2 Å². The van der Waals surface area contributed by atoms with Gasteiger partial charge in [0.2, 0.25) is 0 Å². The van der Waals surface area contributed by atoms with Crippen LogP contribution in [-0.2, 0) is 0 Å². The molecule has 0 spiro atoms. The van der Waals surface area contributed by atoms with E-state index in [2.05, 4.69) is 17.3 Å². The molecule has 3 saturated carbocycles. The van der Waals surface area contributed by atoms with Crippen LogP contribution in [0.25, 0.3) is 0 Å². The Morgan fingerprint density at radius 1 is 1.30 bits per heavy atom. The van der Waals surface area contributed by atoms with Crippen molar-refractivity contribution < 1.29 is 0 Å². The molecule has 1 N–H and O–H groups in total. The van der Waals surface area contributed by atoms with Crippen LogP contribution in [0.2, 0.25) is 0 Å². The highest BCUT2D eigenvalue weighted by atomic mass is 14.9. The van der Waals surface area contributed by atoms with E-state index in [0.29, 0.717) is 0 Å². The third-order valence-electron chi connectivity index (χ3n) is 2.81. The molecule has 3 aliphatic rings. The monoisotopic (exact) mass is 135 g/mol. The van der Waals surface area contributed by atoms with Crippen LogP contribution in [0.15, 0.2) is 0 Å². The maximum absolute atomic E-state index is 3.26. The lowest BCUT2D eigenvalue weighted by molar-refractivity contribution is 0.289. The van der Waals surface area contributed by atoms with Crippen molar-refractivity contribution in [1.29, 1.82) is 0 Å². The molecule has 1 unspecified atom stereocenters. The fourth-order valence-corrected chi connectivity index (χ4v) is 2.20. The molecule has 0 aromatic rings. The summed E-state index contributed by atoms with van der Waals surface area (Å²) in [5, 5.41) is 3.26. The van der Waals surface area contributed by atoms with E-state index >= 15 is 0 Å². The molecular formula is C9H13N. The Hall–Kier alpha value is -0.640. The lowest BCUT2D eigenvalue weighted by Crippen LogP contribution is -2.27. The van der Waals surface area contributed by atoms with Gasteiger partial charge in [-0.15, -0.1) is 0 Å². The van der Waals surface area contributed by atoms with E-state index in [1.54, 1.807) is 0 Å². The zero-order valence-corrected chi connectivity index (χ0v) is 6.35. The molecule has 2 bridgehead atoms. The van der Waals surface area contributed by atoms with Crippen LogP contribution < -0.4 is 5.32 Å². The number of nitrogens with one attached hydrogen (secondary N) is 1. The molecule has 0 radical (unpaired) electrons. The molecule has 0 saturated heterocycles. The van der Waals surface area contributed by atoms with Crippen LogP contribution in [0.1, 0.15) is 26.2 Å². The van der Waals surface area contributed by atoms with Crippen molar-refractivity contribution in [2.45, 2.75) is 32.2 Å². The molecule has 54 valence electrons. The van der Waals surface area contributed by atoms with E-state index < -0.39 is 0 Å². The van der Waals surface area contributed by atoms with E-state index in [1.807, 2.05) is 6.92 Å². The Balaban J connectivity index is 1.87. The van der Waals surface area contributed by atoms with Crippen molar-refractivity contribution in [3.63, 3.8) is 0 Å². The molecule has 1 nitrogen and oxygen atoms in total. The maximum Gasteiger partial charge on any atom is 0.0371 e. The van der Waals surface area contributed by atoms with Gasteiger partial charge in [0.25, 0.3) is 0 Å². The molecule has 3 rings (SSSR count). The van der Waals surface area contributed by atoms with Crippen LogP contribution in [0.5, 0.6) is 0 Å². The number of hydrogen-bond donors (Lipinski definition) is 1. The van der Waals surface area contributed by atoms with Gasteiger partial charge in [0.05, 0.1) is 0 Å². The van der Waals surface area contributed by atoms with Gasteiger partial charge >= 0.3 is 0 Å². The first kappa shape index (κ1) is 6.09. The van der Waals surface area contributed by atoms with Crippen molar-refractivity contribution in [3.8, 4) is 12.0 Å². The fourth-order valence-electron chi connectivity index (χ4n) is 2.20. The predicted octanol–water partition coefficient (Wildman–Crippen LogP) is 1.36. The van der Waals surface area contributed by atoms with Gasteiger partial charge < -0.3 is 5.32 Å². The standard InChI is InChI=1S/C9H13N/c1-2-3-10-9-6-7-4-8(9)5-7/h7-10H,4-6H2,1H3. The lowest BCUT2D eigenvalue weighted by Gasteiger charge is -2.23. The van der Waals surface area contributed by atoms with E-state index in [0.717, 1.165) is 17.9 Å². The Kier molecular flexibility index (Phi) is 1.34. The third-order valence-corrected chi connectivity index (χ3v) is 2.81. The first-order chi connectivity index (χ1) is 4.90. The molecule has 10 heavy (non-hydrogen) atoms. The minimum atomic E-state index is 0.734. The highest BCUT2D eigenvalue weighted by molar-refractivity contribution is 5.04. The van der Waals surface area contributed by atoms with Gasteiger partial charge in [0, 0.05) is 12.1 Å².